The van der Waals surface area contributed by atoms with Crippen LogP contribution in [-0.2, 0) is 11.1 Å². The number of nitrogens with zero attached hydrogens (tertiary/aromatic N) is 1. The van der Waals surface area contributed by atoms with Crippen molar-refractivity contribution in [3.63, 3.8) is 0 Å². The van der Waals surface area contributed by atoms with Crippen molar-refractivity contribution >= 4 is 7.60 Å². The lowest BCUT2D eigenvalue weighted by Gasteiger charge is -2.34. The van der Waals surface area contributed by atoms with Gasteiger partial charge in [0.25, 0.3) is 0 Å². The number of likely N-dealkylation sites (tertiary alicyclic amines) is 1. The third-order valence-corrected chi connectivity index (χ3v) is 3.96. The Morgan fingerprint density at radius 2 is 2.00 bits per heavy atom. The minimum atomic E-state index is -4.05. The number of rotatable bonds is 4. The summed E-state index contributed by atoms with van der Waals surface area (Å²) >= 11 is 0. The summed E-state index contributed by atoms with van der Waals surface area (Å²) in [5, 5.41) is 0. The van der Waals surface area contributed by atoms with E-state index in [1.165, 1.54) is 5.56 Å². The first-order chi connectivity index (χ1) is 9.04. The van der Waals surface area contributed by atoms with Gasteiger partial charge in [0.2, 0.25) is 0 Å². The van der Waals surface area contributed by atoms with Crippen LogP contribution in [0.5, 0.6) is 0 Å². The SMILES string of the molecule is O=P(O)(O)/C=C/C1CCCCN1Cc1ccccc1. The Bertz CT molecular complexity index is 469. The largest absolute Gasteiger partial charge is 0.348 e. The van der Waals surface area contributed by atoms with E-state index in [1.54, 1.807) is 6.08 Å². The molecule has 0 spiro atoms. The third kappa shape index (κ3) is 4.92. The molecule has 2 rings (SSSR count). The van der Waals surface area contributed by atoms with Gasteiger partial charge in [-0.3, -0.25) is 9.46 Å². The van der Waals surface area contributed by atoms with Crippen LogP contribution < -0.4 is 0 Å². The molecule has 1 saturated heterocycles. The van der Waals surface area contributed by atoms with E-state index < -0.39 is 7.60 Å². The molecule has 1 atom stereocenters. The molecule has 0 bridgehead atoms. The zero-order chi connectivity index (χ0) is 13.7. The molecule has 1 aliphatic rings. The van der Waals surface area contributed by atoms with Crippen LogP contribution in [0.15, 0.2) is 42.2 Å². The summed E-state index contributed by atoms with van der Waals surface area (Å²) in [5.41, 5.74) is 1.24. The van der Waals surface area contributed by atoms with E-state index in [9.17, 15) is 4.57 Å². The summed E-state index contributed by atoms with van der Waals surface area (Å²) in [6.45, 7) is 1.81. The van der Waals surface area contributed by atoms with Crippen molar-refractivity contribution in [3.8, 4) is 0 Å². The van der Waals surface area contributed by atoms with E-state index in [0.29, 0.717) is 0 Å². The highest BCUT2D eigenvalue weighted by atomic mass is 31.2. The molecule has 0 radical (unpaired) electrons. The topological polar surface area (TPSA) is 60.8 Å². The lowest BCUT2D eigenvalue weighted by molar-refractivity contribution is 0.171. The highest BCUT2D eigenvalue weighted by molar-refractivity contribution is 7.55. The molecule has 1 aromatic carbocycles. The fourth-order valence-corrected chi connectivity index (χ4v) is 2.88. The molecule has 2 N–H and O–H groups in total. The van der Waals surface area contributed by atoms with E-state index >= 15 is 0 Å². The fraction of sp³-hybridized carbons (Fsp3) is 0.429. The first kappa shape index (κ1) is 14.5. The average molecular weight is 281 g/mol. The van der Waals surface area contributed by atoms with Crippen molar-refractivity contribution in [2.45, 2.75) is 31.8 Å². The molecular formula is C14H20NO3P. The summed E-state index contributed by atoms with van der Waals surface area (Å²) in [5.74, 6) is 1.04. The Morgan fingerprint density at radius 3 is 2.68 bits per heavy atom. The van der Waals surface area contributed by atoms with Crippen LogP contribution >= 0.6 is 7.60 Å². The molecule has 1 heterocycles. The minimum Gasteiger partial charge on any atom is -0.321 e. The van der Waals surface area contributed by atoms with Crippen LogP contribution in [-0.4, -0.2) is 27.3 Å². The Balaban J connectivity index is 2.04. The smallest absolute Gasteiger partial charge is 0.321 e. The van der Waals surface area contributed by atoms with E-state index in [2.05, 4.69) is 17.0 Å². The van der Waals surface area contributed by atoms with Gasteiger partial charge >= 0.3 is 7.60 Å². The molecule has 0 saturated carbocycles. The standard InChI is InChI=1S/C14H20NO3P/c16-19(17,18)11-9-14-8-4-5-10-15(14)12-13-6-2-1-3-7-13/h1-3,6-7,9,11,14H,4-5,8,10,12H2,(H2,16,17,18)/b11-9+. The van der Waals surface area contributed by atoms with E-state index in [1.807, 2.05) is 18.2 Å². The van der Waals surface area contributed by atoms with Crippen molar-refractivity contribution in [1.82, 2.24) is 4.90 Å². The zero-order valence-corrected chi connectivity index (χ0v) is 11.7. The second-order valence-corrected chi connectivity index (χ2v) is 6.43. The van der Waals surface area contributed by atoms with Crippen molar-refractivity contribution in [3.05, 3.63) is 47.8 Å². The molecule has 1 unspecified atom stereocenters. The summed E-state index contributed by atoms with van der Waals surface area (Å²) in [6, 6.07) is 10.3. The van der Waals surface area contributed by atoms with Gasteiger partial charge in [0.1, 0.15) is 0 Å². The molecule has 1 aromatic rings. The molecule has 0 aromatic heterocycles. The second kappa shape index (κ2) is 6.49. The van der Waals surface area contributed by atoms with E-state index in [4.69, 9.17) is 9.79 Å². The predicted molar refractivity (Wildman–Crippen MR) is 75.7 cm³/mol. The maximum Gasteiger partial charge on any atom is 0.348 e. The average Bonchev–Trinajstić information content (AvgIpc) is 2.38. The zero-order valence-electron chi connectivity index (χ0n) is 10.9. The Kier molecular flexibility index (Phi) is 4.94. The first-order valence-electron chi connectivity index (χ1n) is 6.57. The van der Waals surface area contributed by atoms with Crippen LogP contribution in [0.2, 0.25) is 0 Å². The van der Waals surface area contributed by atoms with E-state index in [0.717, 1.165) is 38.2 Å². The lowest BCUT2D eigenvalue weighted by Crippen LogP contribution is -2.37. The Morgan fingerprint density at radius 1 is 1.26 bits per heavy atom. The molecular weight excluding hydrogens is 261 g/mol. The van der Waals surface area contributed by atoms with Gasteiger partial charge in [0.05, 0.1) is 0 Å². The molecule has 19 heavy (non-hydrogen) atoms. The van der Waals surface area contributed by atoms with Gasteiger partial charge in [0, 0.05) is 18.4 Å². The van der Waals surface area contributed by atoms with E-state index in [-0.39, 0.29) is 6.04 Å². The molecule has 0 aliphatic carbocycles. The first-order valence-corrected chi connectivity index (χ1v) is 8.25. The van der Waals surface area contributed by atoms with Crippen LogP contribution in [0.3, 0.4) is 0 Å². The highest BCUT2D eigenvalue weighted by Gasteiger charge is 2.21. The van der Waals surface area contributed by atoms with Gasteiger partial charge in [-0.25, -0.2) is 0 Å². The van der Waals surface area contributed by atoms with Crippen molar-refractivity contribution < 1.29 is 14.4 Å². The summed E-state index contributed by atoms with van der Waals surface area (Å²) in [7, 11) is -4.05. The minimum absolute atomic E-state index is 0.126. The lowest BCUT2D eigenvalue weighted by atomic mass is 10.0. The van der Waals surface area contributed by atoms with Crippen molar-refractivity contribution in [2.75, 3.05) is 6.54 Å². The fourth-order valence-electron chi connectivity index (χ4n) is 2.46. The summed E-state index contributed by atoms with van der Waals surface area (Å²) in [4.78, 5) is 20.1. The Labute approximate surface area is 113 Å². The maximum absolute atomic E-state index is 10.9. The van der Waals surface area contributed by atoms with Gasteiger partial charge in [-0.1, -0.05) is 42.8 Å². The second-order valence-electron chi connectivity index (χ2n) is 4.95. The number of benzene rings is 1. The molecule has 0 amide bonds. The van der Waals surface area contributed by atoms with Gasteiger partial charge in [-0.05, 0) is 24.9 Å². The quantitative estimate of drug-likeness (QED) is 0.833. The molecule has 1 fully saturated rings. The van der Waals surface area contributed by atoms with Crippen molar-refractivity contribution in [1.29, 1.82) is 0 Å². The summed E-state index contributed by atoms with van der Waals surface area (Å²) < 4.78 is 10.9. The van der Waals surface area contributed by atoms with Crippen LogP contribution in [0.1, 0.15) is 24.8 Å². The van der Waals surface area contributed by atoms with Gasteiger partial charge in [-0.15, -0.1) is 0 Å². The molecule has 104 valence electrons. The molecule has 1 aliphatic heterocycles. The number of hydrogen-bond donors (Lipinski definition) is 2. The van der Waals surface area contributed by atoms with Gasteiger partial charge in [-0.2, -0.15) is 0 Å². The highest BCUT2D eigenvalue weighted by Crippen LogP contribution is 2.37. The third-order valence-electron chi connectivity index (χ3n) is 3.40. The van der Waals surface area contributed by atoms with Gasteiger partial charge in [0.15, 0.2) is 0 Å². The van der Waals surface area contributed by atoms with Crippen LogP contribution in [0, 0.1) is 0 Å². The monoisotopic (exact) mass is 281 g/mol. The van der Waals surface area contributed by atoms with Crippen molar-refractivity contribution in [2.24, 2.45) is 0 Å². The Hall–Kier alpha value is -0.930. The number of piperidine rings is 1. The normalized spacial score (nSPS) is 21.9. The molecule has 5 heteroatoms. The van der Waals surface area contributed by atoms with Crippen LogP contribution in [0.25, 0.3) is 0 Å². The number of hydrogen-bond acceptors (Lipinski definition) is 2. The predicted octanol–water partition coefficient (Wildman–Crippen LogP) is 2.73. The van der Waals surface area contributed by atoms with Gasteiger partial charge < -0.3 is 9.79 Å². The van der Waals surface area contributed by atoms with Crippen LogP contribution in [0.4, 0.5) is 0 Å². The molecule has 4 nitrogen and oxygen atoms in total. The summed E-state index contributed by atoms with van der Waals surface area (Å²) in [6.07, 6.45) is 4.89. The maximum atomic E-state index is 10.9.